The van der Waals surface area contributed by atoms with Gasteiger partial charge in [-0.2, -0.15) is 5.26 Å². The molecule has 1 aliphatic rings. The molecule has 2 rings (SSSR count). The number of amides is 1. The Morgan fingerprint density at radius 2 is 2.10 bits per heavy atom. The zero-order chi connectivity index (χ0) is 14.7. The van der Waals surface area contributed by atoms with Crippen molar-refractivity contribution in [2.24, 2.45) is 0 Å². The molecule has 5 nitrogen and oxygen atoms in total. The largest absolute Gasteiger partial charge is 0.478 e. The van der Waals surface area contributed by atoms with E-state index in [0.29, 0.717) is 10.6 Å². The van der Waals surface area contributed by atoms with Crippen molar-refractivity contribution in [2.45, 2.75) is 32.6 Å². The molecule has 104 valence electrons. The van der Waals surface area contributed by atoms with Gasteiger partial charge in [0, 0.05) is 16.5 Å². The van der Waals surface area contributed by atoms with Gasteiger partial charge in [0.05, 0.1) is 5.56 Å². The lowest BCUT2D eigenvalue weighted by Gasteiger charge is -2.09. The molecule has 0 aromatic carbocycles. The van der Waals surface area contributed by atoms with Gasteiger partial charge in [0.25, 0.3) is 0 Å². The van der Waals surface area contributed by atoms with Gasteiger partial charge in [-0.1, -0.05) is 0 Å². The average Bonchev–Trinajstić information content (AvgIpc) is 2.75. The number of carbonyl (C=O) groups excluding carboxylic acids is 1. The summed E-state index contributed by atoms with van der Waals surface area (Å²) in [6.07, 6.45) is 5.00. The minimum Gasteiger partial charge on any atom is -0.478 e. The van der Waals surface area contributed by atoms with E-state index in [2.05, 4.69) is 11.4 Å². The van der Waals surface area contributed by atoms with Gasteiger partial charge in [0.15, 0.2) is 0 Å². The van der Waals surface area contributed by atoms with E-state index in [-0.39, 0.29) is 5.57 Å². The van der Waals surface area contributed by atoms with E-state index in [1.54, 1.807) is 0 Å². The predicted octanol–water partition coefficient (Wildman–Crippen LogP) is 2.47. The third kappa shape index (κ3) is 2.89. The van der Waals surface area contributed by atoms with E-state index in [0.717, 1.165) is 42.2 Å². The highest BCUT2D eigenvalue weighted by Gasteiger charge is 2.21. The van der Waals surface area contributed by atoms with Crippen molar-refractivity contribution in [1.29, 1.82) is 5.26 Å². The molecule has 0 atom stereocenters. The van der Waals surface area contributed by atoms with E-state index in [4.69, 9.17) is 5.11 Å². The Kier molecular flexibility index (Phi) is 4.20. The standard InChI is InChI=1S/C14H14N2O3S/c1-8(14(18)19)6-12(17)16-13-10(7-15)9-4-2-3-5-11(9)20-13/h6H,2-5H2,1H3,(H,16,17)(H,18,19)/b8-6+. The summed E-state index contributed by atoms with van der Waals surface area (Å²) in [7, 11) is 0. The third-order valence-electron chi connectivity index (χ3n) is 3.20. The molecular weight excluding hydrogens is 276 g/mol. The zero-order valence-corrected chi connectivity index (χ0v) is 11.8. The van der Waals surface area contributed by atoms with Crippen LogP contribution in [-0.4, -0.2) is 17.0 Å². The number of rotatable bonds is 3. The number of hydrogen-bond acceptors (Lipinski definition) is 4. The number of carboxylic acids is 1. The lowest BCUT2D eigenvalue weighted by Crippen LogP contribution is -2.10. The van der Waals surface area contributed by atoms with E-state index < -0.39 is 11.9 Å². The van der Waals surface area contributed by atoms with E-state index in [1.807, 2.05) is 0 Å². The maximum Gasteiger partial charge on any atom is 0.331 e. The van der Waals surface area contributed by atoms with Crippen LogP contribution in [0.2, 0.25) is 0 Å². The number of carbonyl (C=O) groups is 2. The quantitative estimate of drug-likeness (QED) is 0.837. The number of hydrogen-bond donors (Lipinski definition) is 2. The number of fused-ring (bicyclic) bond motifs is 1. The van der Waals surface area contributed by atoms with Crippen LogP contribution in [0.1, 0.15) is 35.8 Å². The molecule has 0 aliphatic heterocycles. The lowest BCUT2D eigenvalue weighted by atomic mass is 9.96. The normalized spacial score (nSPS) is 14.3. The van der Waals surface area contributed by atoms with Gasteiger partial charge in [-0.15, -0.1) is 11.3 Å². The van der Waals surface area contributed by atoms with Crippen LogP contribution < -0.4 is 5.32 Å². The first-order valence-corrected chi connectivity index (χ1v) is 7.11. The third-order valence-corrected chi connectivity index (χ3v) is 4.41. The summed E-state index contributed by atoms with van der Waals surface area (Å²) in [6, 6.07) is 2.14. The Balaban J connectivity index is 2.24. The Morgan fingerprint density at radius 1 is 1.40 bits per heavy atom. The summed E-state index contributed by atoms with van der Waals surface area (Å²) in [4.78, 5) is 23.6. The van der Waals surface area contributed by atoms with Crippen LogP contribution in [0.5, 0.6) is 0 Å². The molecular formula is C14H14N2O3S. The topological polar surface area (TPSA) is 90.2 Å². The van der Waals surface area contributed by atoms with Gasteiger partial charge in [-0.3, -0.25) is 4.79 Å². The molecule has 1 amide bonds. The molecule has 0 saturated carbocycles. The highest BCUT2D eigenvalue weighted by Crippen LogP contribution is 2.37. The Labute approximate surface area is 120 Å². The van der Waals surface area contributed by atoms with Crippen molar-refractivity contribution < 1.29 is 14.7 Å². The van der Waals surface area contributed by atoms with Crippen molar-refractivity contribution in [3.8, 4) is 6.07 Å². The first kappa shape index (κ1) is 14.3. The van der Waals surface area contributed by atoms with E-state index in [9.17, 15) is 14.9 Å². The number of carboxylic acid groups (broad SMARTS) is 1. The van der Waals surface area contributed by atoms with Crippen LogP contribution in [0.15, 0.2) is 11.6 Å². The van der Waals surface area contributed by atoms with Crippen LogP contribution in [0, 0.1) is 11.3 Å². The molecule has 0 bridgehead atoms. The number of nitrogens with one attached hydrogen (secondary N) is 1. The fraction of sp³-hybridized carbons (Fsp3) is 0.357. The Hall–Kier alpha value is -2.13. The number of anilines is 1. The van der Waals surface area contributed by atoms with Gasteiger partial charge < -0.3 is 10.4 Å². The fourth-order valence-electron chi connectivity index (χ4n) is 2.18. The molecule has 1 heterocycles. The Bertz CT molecular complexity index is 638. The molecule has 6 heteroatoms. The molecule has 1 aromatic heterocycles. The van der Waals surface area contributed by atoms with Crippen LogP contribution in [0.3, 0.4) is 0 Å². The maximum atomic E-state index is 11.8. The predicted molar refractivity (Wildman–Crippen MR) is 75.7 cm³/mol. The van der Waals surface area contributed by atoms with Crippen molar-refractivity contribution in [1.82, 2.24) is 0 Å². The monoisotopic (exact) mass is 290 g/mol. The molecule has 0 radical (unpaired) electrons. The van der Waals surface area contributed by atoms with Gasteiger partial charge in [-0.25, -0.2) is 4.79 Å². The lowest BCUT2D eigenvalue weighted by molar-refractivity contribution is -0.132. The van der Waals surface area contributed by atoms with Crippen LogP contribution in [0.4, 0.5) is 5.00 Å². The maximum absolute atomic E-state index is 11.8. The zero-order valence-electron chi connectivity index (χ0n) is 11.0. The number of aliphatic carboxylic acids is 1. The minimum absolute atomic E-state index is 0.0395. The summed E-state index contributed by atoms with van der Waals surface area (Å²) in [5.74, 6) is -1.65. The molecule has 1 aliphatic carbocycles. The van der Waals surface area contributed by atoms with Crippen molar-refractivity contribution in [3.05, 3.63) is 27.7 Å². The highest BCUT2D eigenvalue weighted by atomic mass is 32.1. The van der Waals surface area contributed by atoms with Gasteiger partial charge in [-0.05, 0) is 38.2 Å². The van der Waals surface area contributed by atoms with Gasteiger partial charge in [0.1, 0.15) is 11.1 Å². The van der Waals surface area contributed by atoms with E-state index in [1.165, 1.54) is 18.3 Å². The smallest absolute Gasteiger partial charge is 0.331 e. The first-order chi connectivity index (χ1) is 9.52. The summed E-state index contributed by atoms with van der Waals surface area (Å²) < 4.78 is 0. The fourth-order valence-corrected chi connectivity index (χ4v) is 3.42. The van der Waals surface area contributed by atoms with Gasteiger partial charge in [0.2, 0.25) is 5.91 Å². The van der Waals surface area contributed by atoms with Crippen molar-refractivity contribution in [3.63, 3.8) is 0 Å². The summed E-state index contributed by atoms with van der Waals surface area (Å²) in [6.45, 7) is 1.35. The Morgan fingerprint density at radius 3 is 2.75 bits per heavy atom. The number of nitrogens with zero attached hydrogens (tertiary/aromatic N) is 1. The average molecular weight is 290 g/mol. The van der Waals surface area contributed by atoms with Crippen molar-refractivity contribution >= 4 is 28.2 Å². The number of aryl methyl sites for hydroxylation is 1. The first-order valence-electron chi connectivity index (χ1n) is 6.30. The highest BCUT2D eigenvalue weighted by molar-refractivity contribution is 7.16. The molecule has 0 spiro atoms. The molecule has 2 N–H and O–H groups in total. The summed E-state index contributed by atoms with van der Waals surface area (Å²) in [5, 5.41) is 21.1. The second-order valence-electron chi connectivity index (χ2n) is 4.65. The SMILES string of the molecule is C/C(=C\C(=O)Nc1sc2c(c1C#N)CCCC2)C(=O)O. The summed E-state index contributed by atoms with van der Waals surface area (Å²) >= 11 is 1.42. The molecule has 0 saturated heterocycles. The van der Waals surface area contributed by atoms with E-state index >= 15 is 0 Å². The second-order valence-corrected chi connectivity index (χ2v) is 5.75. The number of nitriles is 1. The number of thiophene rings is 1. The van der Waals surface area contributed by atoms with Gasteiger partial charge >= 0.3 is 5.97 Å². The van der Waals surface area contributed by atoms with Crippen LogP contribution in [0.25, 0.3) is 0 Å². The van der Waals surface area contributed by atoms with Crippen LogP contribution >= 0.6 is 11.3 Å². The minimum atomic E-state index is -1.13. The molecule has 1 aromatic rings. The second kappa shape index (κ2) is 5.88. The van der Waals surface area contributed by atoms with Crippen LogP contribution in [-0.2, 0) is 22.4 Å². The van der Waals surface area contributed by atoms with Crippen molar-refractivity contribution in [2.75, 3.05) is 5.32 Å². The molecule has 0 fully saturated rings. The molecule has 20 heavy (non-hydrogen) atoms. The molecule has 0 unspecified atom stereocenters. The summed E-state index contributed by atoms with van der Waals surface area (Å²) in [5.41, 5.74) is 1.53.